The Morgan fingerprint density at radius 2 is 1.84 bits per heavy atom. The SMILES string of the molecule is CCCCN1C(=O)c2oc3ccc(Cl)cc3c(=O)c2C12C(=O)N(CC)c1ccccc12. The molecule has 6 nitrogen and oxygen atoms in total. The van der Waals surface area contributed by atoms with Gasteiger partial charge in [-0.05, 0) is 37.6 Å². The lowest BCUT2D eigenvalue weighted by Gasteiger charge is -2.34. The monoisotopic (exact) mass is 436 g/mol. The van der Waals surface area contributed by atoms with Gasteiger partial charge in [-0.1, -0.05) is 43.1 Å². The number of fused-ring (bicyclic) bond motifs is 5. The van der Waals surface area contributed by atoms with Crippen molar-refractivity contribution in [2.24, 2.45) is 0 Å². The lowest BCUT2D eigenvalue weighted by Crippen LogP contribution is -2.53. The molecule has 5 rings (SSSR count). The number of anilines is 1. The second kappa shape index (κ2) is 6.95. The quantitative estimate of drug-likeness (QED) is 0.611. The van der Waals surface area contributed by atoms with Crippen molar-refractivity contribution in [1.29, 1.82) is 0 Å². The van der Waals surface area contributed by atoms with Gasteiger partial charge in [0.2, 0.25) is 5.76 Å². The largest absolute Gasteiger partial charge is 0.450 e. The average molecular weight is 437 g/mol. The molecule has 2 amide bonds. The topological polar surface area (TPSA) is 70.8 Å². The van der Waals surface area contributed by atoms with Gasteiger partial charge >= 0.3 is 0 Å². The molecule has 1 atom stereocenters. The number of nitrogens with zero attached hydrogens (tertiary/aromatic N) is 2. The number of unbranched alkanes of at least 4 members (excludes halogenated alkanes) is 1. The zero-order valence-corrected chi connectivity index (χ0v) is 18.0. The van der Waals surface area contributed by atoms with Crippen molar-refractivity contribution >= 4 is 40.1 Å². The molecule has 0 radical (unpaired) electrons. The van der Waals surface area contributed by atoms with Crippen molar-refractivity contribution in [2.75, 3.05) is 18.0 Å². The van der Waals surface area contributed by atoms with Gasteiger partial charge in [-0.15, -0.1) is 0 Å². The number of hydrogen-bond acceptors (Lipinski definition) is 4. The Balaban J connectivity index is 1.92. The summed E-state index contributed by atoms with van der Waals surface area (Å²) in [5, 5.41) is 0.644. The third-order valence-corrected chi connectivity index (χ3v) is 6.48. The van der Waals surface area contributed by atoms with E-state index < -0.39 is 16.9 Å². The van der Waals surface area contributed by atoms with Crippen LogP contribution in [0.15, 0.2) is 51.7 Å². The summed E-state index contributed by atoms with van der Waals surface area (Å²) in [7, 11) is 0. The van der Waals surface area contributed by atoms with Gasteiger partial charge in [-0.3, -0.25) is 14.4 Å². The van der Waals surface area contributed by atoms with Gasteiger partial charge in [-0.25, -0.2) is 0 Å². The summed E-state index contributed by atoms with van der Waals surface area (Å²) in [6.07, 6.45) is 1.53. The Labute approximate surface area is 184 Å². The zero-order chi connectivity index (χ0) is 21.9. The summed E-state index contributed by atoms with van der Waals surface area (Å²) in [4.78, 5) is 44.5. The van der Waals surface area contributed by atoms with Crippen LogP contribution in [0.5, 0.6) is 0 Å². The molecule has 3 heterocycles. The number of rotatable bonds is 4. The van der Waals surface area contributed by atoms with Gasteiger partial charge in [0.05, 0.1) is 16.6 Å². The van der Waals surface area contributed by atoms with Crippen molar-refractivity contribution in [1.82, 2.24) is 4.90 Å². The fraction of sp³-hybridized carbons (Fsp3) is 0.292. The fourth-order valence-electron chi connectivity index (χ4n) is 4.89. The molecule has 1 unspecified atom stereocenters. The summed E-state index contributed by atoms with van der Waals surface area (Å²) in [5.41, 5.74) is -0.198. The Kier molecular flexibility index (Phi) is 4.45. The molecule has 2 aliphatic rings. The highest BCUT2D eigenvalue weighted by Gasteiger charge is 2.64. The van der Waals surface area contributed by atoms with E-state index in [1.807, 2.05) is 38.1 Å². The normalized spacial score (nSPS) is 19.6. The molecule has 0 N–H and O–H groups in total. The van der Waals surface area contributed by atoms with Crippen LogP contribution in [0.3, 0.4) is 0 Å². The van der Waals surface area contributed by atoms with E-state index in [1.54, 1.807) is 17.0 Å². The van der Waals surface area contributed by atoms with Crippen molar-refractivity contribution in [2.45, 2.75) is 32.2 Å². The first kappa shape index (κ1) is 19.8. The van der Waals surface area contributed by atoms with Crippen LogP contribution < -0.4 is 10.3 Å². The van der Waals surface area contributed by atoms with Crippen LogP contribution >= 0.6 is 11.6 Å². The second-order valence-corrected chi connectivity index (χ2v) is 8.30. The molecule has 1 spiro atoms. The van der Waals surface area contributed by atoms with Gasteiger partial charge < -0.3 is 14.2 Å². The summed E-state index contributed by atoms with van der Waals surface area (Å²) < 4.78 is 5.96. The minimum Gasteiger partial charge on any atom is -0.450 e. The van der Waals surface area contributed by atoms with E-state index in [4.69, 9.17) is 16.0 Å². The van der Waals surface area contributed by atoms with Crippen molar-refractivity contribution in [3.8, 4) is 0 Å². The molecule has 1 aromatic heterocycles. The van der Waals surface area contributed by atoms with E-state index in [1.165, 1.54) is 11.0 Å². The molecule has 0 bridgehead atoms. The van der Waals surface area contributed by atoms with Crippen LogP contribution in [0.2, 0.25) is 5.02 Å². The van der Waals surface area contributed by atoms with Crippen molar-refractivity contribution < 1.29 is 14.0 Å². The van der Waals surface area contributed by atoms with Gasteiger partial charge in [0.1, 0.15) is 5.58 Å². The molecule has 2 aliphatic heterocycles. The molecule has 0 saturated heterocycles. The molecular weight excluding hydrogens is 416 g/mol. The van der Waals surface area contributed by atoms with E-state index in [2.05, 4.69) is 0 Å². The smallest absolute Gasteiger partial charge is 0.291 e. The third-order valence-electron chi connectivity index (χ3n) is 6.25. The first-order valence-electron chi connectivity index (χ1n) is 10.5. The van der Waals surface area contributed by atoms with Crippen LogP contribution in [0, 0.1) is 0 Å². The first-order chi connectivity index (χ1) is 15.0. The number of halogens is 1. The van der Waals surface area contributed by atoms with E-state index in [9.17, 15) is 14.4 Å². The van der Waals surface area contributed by atoms with Crippen LogP contribution in [0.4, 0.5) is 5.69 Å². The summed E-state index contributed by atoms with van der Waals surface area (Å²) >= 11 is 6.14. The maximum absolute atomic E-state index is 14.0. The summed E-state index contributed by atoms with van der Waals surface area (Å²) in [5.74, 6) is -0.788. The Bertz CT molecular complexity index is 1310. The first-order valence-corrected chi connectivity index (χ1v) is 10.8. The highest BCUT2D eigenvalue weighted by molar-refractivity contribution is 6.31. The molecule has 2 aromatic carbocycles. The van der Waals surface area contributed by atoms with Crippen LogP contribution in [0.25, 0.3) is 11.0 Å². The van der Waals surface area contributed by atoms with Crippen LogP contribution in [0.1, 0.15) is 48.4 Å². The fourth-order valence-corrected chi connectivity index (χ4v) is 5.07. The predicted molar refractivity (Wildman–Crippen MR) is 119 cm³/mol. The summed E-state index contributed by atoms with van der Waals surface area (Å²) in [6.45, 7) is 4.66. The van der Waals surface area contributed by atoms with Gasteiger partial charge in [0.25, 0.3) is 11.8 Å². The van der Waals surface area contributed by atoms with Gasteiger partial charge in [-0.2, -0.15) is 0 Å². The number of carbonyl (C=O) groups is 2. The zero-order valence-electron chi connectivity index (χ0n) is 17.3. The van der Waals surface area contributed by atoms with E-state index in [0.29, 0.717) is 35.8 Å². The third kappa shape index (κ3) is 2.42. The lowest BCUT2D eigenvalue weighted by molar-refractivity contribution is -0.126. The number of likely N-dealkylation sites (N-methyl/N-ethyl adjacent to an activating group) is 1. The maximum Gasteiger partial charge on any atom is 0.291 e. The molecule has 3 aromatic rings. The number of hydrogen-bond donors (Lipinski definition) is 0. The number of benzene rings is 2. The molecule has 158 valence electrons. The average Bonchev–Trinajstić information content (AvgIpc) is 3.17. The number of carbonyl (C=O) groups excluding carboxylic acids is 2. The number of para-hydroxylation sites is 1. The predicted octanol–water partition coefficient (Wildman–Crippen LogP) is 4.31. The minimum absolute atomic E-state index is 0.0583. The standard InChI is InChI=1S/C24H21ClN2O4/c1-3-5-12-27-22(29)21-19(20(28)15-13-14(25)10-11-18(15)31-21)24(27)16-8-6-7-9-17(16)26(4-2)23(24)30/h6-11,13H,3-5,12H2,1-2H3. The second-order valence-electron chi connectivity index (χ2n) is 7.86. The molecule has 0 saturated carbocycles. The van der Waals surface area contributed by atoms with E-state index in [-0.39, 0.29) is 28.2 Å². The highest BCUT2D eigenvalue weighted by Crippen LogP contribution is 2.52. The highest BCUT2D eigenvalue weighted by atomic mass is 35.5. The Hall–Kier alpha value is -3.12. The van der Waals surface area contributed by atoms with Crippen molar-refractivity contribution in [3.63, 3.8) is 0 Å². The molecule has 0 aliphatic carbocycles. The summed E-state index contributed by atoms with van der Waals surface area (Å²) in [6, 6.07) is 12.1. The lowest BCUT2D eigenvalue weighted by atomic mass is 9.84. The minimum atomic E-state index is -1.52. The molecular formula is C24H21ClN2O4. The molecule has 31 heavy (non-hydrogen) atoms. The van der Waals surface area contributed by atoms with E-state index >= 15 is 0 Å². The van der Waals surface area contributed by atoms with Gasteiger partial charge in [0.15, 0.2) is 11.0 Å². The molecule has 7 heteroatoms. The van der Waals surface area contributed by atoms with Gasteiger partial charge in [0, 0.05) is 23.7 Å². The van der Waals surface area contributed by atoms with Crippen LogP contribution in [-0.2, 0) is 10.3 Å². The Morgan fingerprint density at radius 1 is 1.06 bits per heavy atom. The number of amides is 2. The maximum atomic E-state index is 14.0. The van der Waals surface area contributed by atoms with E-state index in [0.717, 1.165) is 6.42 Å². The van der Waals surface area contributed by atoms with Crippen molar-refractivity contribution in [3.05, 3.63) is 74.6 Å². The van der Waals surface area contributed by atoms with Crippen LogP contribution in [-0.4, -0.2) is 29.8 Å². The Morgan fingerprint density at radius 3 is 2.58 bits per heavy atom. The molecule has 0 fully saturated rings.